The molecule has 0 heterocycles. The van der Waals surface area contributed by atoms with Crippen LogP contribution in [0.15, 0.2) is 36.4 Å². The van der Waals surface area contributed by atoms with E-state index in [1.54, 1.807) is 12.1 Å². The Bertz CT molecular complexity index is 506. The Hall–Kier alpha value is -0.960. The van der Waals surface area contributed by atoms with Gasteiger partial charge in [0.05, 0.1) is 5.56 Å². The summed E-state index contributed by atoms with van der Waals surface area (Å²) in [6.07, 6.45) is 0. The van der Waals surface area contributed by atoms with Crippen LogP contribution in [0.3, 0.4) is 0 Å². The van der Waals surface area contributed by atoms with Crippen molar-refractivity contribution in [1.29, 1.82) is 0 Å². The van der Waals surface area contributed by atoms with Crippen molar-refractivity contribution >= 4 is 42.6 Å². The number of aromatic carboxylic acids is 1. The molecule has 0 saturated carbocycles. The second kappa shape index (κ2) is 4.71. The molecule has 3 heteroatoms. The first-order valence-electron chi connectivity index (χ1n) is 4.41. The van der Waals surface area contributed by atoms with Crippen LogP contribution in [-0.4, -0.2) is 36.9 Å². The summed E-state index contributed by atoms with van der Waals surface area (Å²) in [5.74, 6) is -0.879. The normalized spacial score (nSPS) is 9.67. The van der Waals surface area contributed by atoms with Crippen LogP contribution in [0.25, 0.3) is 10.8 Å². The number of fused-ring (bicyclic) bond motifs is 1. The SMILES string of the molecule is Cc1cccc2ccc(C(=O)O)cc12.[InH3]. The first-order valence-corrected chi connectivity index (χ1v) is 4.41. The van der Waals surface area contributed by atoms with Crippen molar-refractivity contribution in [3.05, 3.63) is 47.5 Å². The topological polar surface area (TPSA) is 37.3 Å². The molecule has 0 radical (unpaired) electrons. The number of carbonyl (C=O) groups is 1. The first-order chi connectivity index (χ1) is 6.68. The predicted octanol–water partition coefficient (Wildman–Crippen LogP) is 1.66. The Morgan fingerprint density at radius 1 is 1.20 bits per heavy atom. The number of carboxylic acid groups (broad SMARTS) is 1. The van der Waals surface area contributed by atoms with Crippen molar-refractivity contribution < 1.29 is 9.90 Å². The second-order valence-corrected chi connectivity index (χ2v) is 3.32. The molecule has 0 saturated heterocycles. The van der Waals surface area contributed by atoms with Gasteiger partial charge in [0.1, 0.15) is 0 Å². The fourth-order valence-corrected chi connectivity index (χ4v) is 1.56. The van der Waals surface area contributed by atoms with Crippen LogP contribution >= 0.6 is 0 Å². The molecule has 76 valence electrons. The fraction of sp³-hybridized carbons (Fsp3) is 0.0833. The van der Waals surface area contributed by atoms with Gasteiger partial charge in [-0.2, -0.15) is 0 Å². The van der Waals surface area contributed by atoms with E-state index < -0.39 is 5.97 Å². The van der Waals surface area contributed by atoms with E-state index >= 15 is 0 Å². The molecule has 15 heavy (non-hydrogen) atoms. The van der Waals surface area contributed by atoms with Crippen molar-refractivity contribution in [2.75, 3.05) is 0 Å². The summed E-state index contributed by atoms with van der Waals surface area (Å²) in [7, 11) is 0. The molecule has 0 aliphatic heterocycles. The van der Waals surface area contributed by atoms with E-state index in [9.17, 15) is 4.79 Å². The summed E-state index contributed by atoms with van der Waals surface area (Å²) in [5, 5.41) is 10.9. The number of aryl methyl sites for hydroxylation is 1. The molecule has 0 aromatic heterocycles. The van der Waals surface area contributed by atoms with Crippen LogP contribution in [0.1, 0.15) is 15.9 Å². The van der Waals surface area contributed by atoms with Crippen LogP contribution in [0.2, 0.25) is 0 Å². The number of carboxylic acids is 1. The van der Waals surface area contributed by atoms with Crippen molar-refractivity contribution in [1.82, 2.24) is 0 Å². The van der Waals surface area contributed by atoms with E-state index in [-0.39, 0.29) is 25.8 Å². The van der Waals surface area contributed by atoms with Crippen molar-refractivity contribution in [2.45, 2.75) is 6.92 Å². The monoisotopic (exact) mass is 304 g/mol. The van der Waals surface area contributed by atoms with Crippen molar-refractivity contribution in [3.8, 4) is 0 Å². The molecule has 2 nitrogen and oxygen atoms in total. The number of benzene rings is 2. The maximum absolute atomic E-state index is 10.8. The molecule has 2 rings (SSSR count). The molecule has 2 aromatic carbocycles. The zero-order valence-corrected chi connectivity index (χ0v) is 7.82. The minimum atomic E-state index is -0.879. The summed E-state index contributed by atoms with van der Waals surface area (Å²) in [4.78, 5) is 10.8. The maximum atomic E-state index is 10.8. The Labute approximate surface area is 107 Å². The van der Waals surface area contributed by atoms with E-state index in [1.165, 1.54) is 0 Å². The van der Waals surface area contributed by atoms with Gasteiger partial charge in [-0.25, -0.2) is 4.79 Å². The standard InChI is InChI=1S/C12H10O2.In.3H/c1-8-3-2-4-9-5-6-10(12(13)14)7-11(8)9;;;;/h2-7H,1H3,(H,13,14);;;;. The molecular weight excluding hydrogens is 291 g/mol. The van der Waals surface area contributed by atoms with Gasteiger partial charge in [-0.3, -0.25) is 0 Å². The number of hydrogen-bond donors (Lipinski definition) is 1. The summed E-state index contributed by atoms with van der Waals surface area (Å²) in [6, 6.07) is 11.1. The summed E-state index contributed by atoms with van der Waals surface area (Å²) in [5.41, 5.74) is 1.44. The third-order valence-electron chi connectivity index (χ3n) is 2.35. The quantitative estimate of drug-likeness (QED) is 0.870. The van der Waals surface area contributed by atoms with Crippen LogP contribution < -0.4 is 0 Å². The van der Waals surface area contributed by atoms with Crippen LogP contribution in [0, 0.1) is 6.92 Å². The van der Waals surface area contributed by atoms with Gasteiger partial charge in [-0.1, -0.05) is 24.3 Å². The van der Waals surface area contributed by atoms with Crippen molar-refractivity contribution in [2.24, 2.45) is 0 Å². The average molecular weight is 304 g/mol. The van der Waals surface area contributed by atoms with Gasteiger partial charge in [-0.05, 0) is 35.4 Å². The zero-order chi connectivity index (χ0) is 10.1. The summed E-state index contributed by atoms with van der Waals surface area (Å²) < 4.78 is 0. The summed E-state index contributed by atoms with van der Waals surface area (Å²) in [6.45, 7) is 1.98. The molecule has 2 aromatic rings. The molecule has 0 atom stereocenters. The molecular formula is C12H13InO2. The molecule has 0 fully saturated rings. The third kappa shape index (κ3) is 2.34. The molecule has 0 amide bonds. The van der Waals surface area contributed by atoms with Gasteiger partial charge in [0, 0.05) is 0 Å². The minimum absolute atomic E-state index is 0. The fourth-order valence-electron chi connectivity index (χ4n) is 1.56. The Morgan fingerprint density at radius 3 is 2.60 bits per heavy atom. The molecule has 0 spiro atoms. The van der Waals surface area contributed by atoms with Gasteiger partial charge in [-0.15, -0.1) is 0 Å². The molecule has 1 N–H and O–H groups in total. The Balaban J connectivity index is 0.00000112. The first kappa shape index (κ1) is 12.1. The van der Waals surface area contributed by atoms with E-state index in [2.05, 4.69) is 0 Å². The van der Waals surface area contributed by atoms with Crippen molar-refractivity contribution in [3.63, 3.8) is 0 Å². The van der Waals surface area contributed by atoms with Crippen LogP contribution in [0.4, 0.5) is 0 Å². The predicted molar refractivity (Wildman–Crippen MR) is 65.6 cm³/mol. The molecule has 0 unspecified atom stereocenters. The molecule has 0 aliphatic rings. The van der Waals surface area contributed by atoms with E-state index in [1.807, 2.05) is 31.2 Å². The van der Waals surface area contributed by atoms with Gasteiger partial charge < -0.3 is 5.11 Å². The van der Waals surface area contributed by atoms with Gasteiger partial charge in [0.2, 0.25) is 0 Å². The number of hydrogen-bond acceptors (Lipinski definition) is 1. The van der Waals surface area contributed by atoms with Gasteiger partial charge in [0.15, 0.2) is 0 Å². The van der Waals surface area contributed by atoms with Gasteiger partial charge >= 0.3 is 31.8 Å². The molecule has 0 aliphatic carbocycles. The van der Waals surface area contributed by atoms with Gasteiger partial charge in [0.25, 0.3) is 0 Å². The zero-order valence-electron chi connectivity index (χ0n) is 7.82. The van der Waals surface area contributed by atoms with E-state index in [4.69, 9.17) is 5.11 Å². The number of rotatable bonds is 1. The third-order valence-corrected chi connectivity index (χ3v) is 2.35. The second-order valence-electron chi connectivity index (χ2n) is 3.32. The van der Waals surface area contributed by atoms with E-state index in [0.29, 0.717) is 5.56 Å². The summed E-state index contributed by atoms with van der Waals surface area (Å²) >= 11 is 0. The van der Waals surface area contributed by atoms with E-state index in [0.717, 1.165) is 16.3 Å². The Kier molecular flexibility index (Phi) is 3.80. The molecule has 0 bridgehead atoms. The van der Waals surface area contributed by atoms with Crippen LogP contribution in [0.5, 0.6) is 0 Å². The Morgan fingerprint density at radius 2 is 1.93 bits per heavy atom. The van der Waals surface area contributed by atoms with Crippen LogP contribution in [-0.2, 0) is 0 Å². The average Bonchev–Trinajstić information content (AvgIpc) is 2.18.